The van der Waals surface area contributed by atoms with Gasteiger partial charge in [-0.2, -0.15) is 0 Å². The van der Waals surface area contributed by atoms with Gasteiger partial charge in [-0.15, -0.1) is 0 Å². The van der Waals surface area contributed by atoms with Crippen LogP contribution in [0.4, 0.5) is 0 Å². The minimum Gasteiger partial charge on any atom is -0.349 e. The van der Waals surface area contributed by atoms with Crippen molar-refractivity contribution < 1.29 is 4.79 Å². The Morgan fingerprint density at radius 3 is 2.75 bits per heavy atom. The molecule has 5 heteroatoms. The molecule has 0 unspecified atom stereocenters. The molecule has 1 fully saturated rings. The van der Waals surface area contributed by atoms with Crippen LogP contribution in [-0.2, 0) is 11.2 Å². The van der Waals surface area contributed by atoms with Gasteiger partial charge in [-0.1, -0.05) is 40.4 Å². The summed E-state index contributed by atoms with van der Waals surface area (Å²) in [6.07, 6.45) is 5.43. The molecule has 0 aliphatic heterocycles. The van der Waals surface area contributed by atoms with Gasteiger partial charge in [0.05, 0.1) is 5.54 Å². The lowest BCUT2D eigenvalue weighted by Crippen LogP contribution is -2.51. The van der Waals surface area contributed by atoms with Gasteiger partial charge < -0.3 is 11.1 Å². The van der Waals surface area contributed by atoms with Gasteiger partial charge in [-0.3, -0.25) is 4.79 Å². The van der Waals surface area contributed by atoms with Crippen LogP contribution in [0.25, 0.3) is 0 Å². The first-order valence-corrected chi connectivity index (χ1v) is 8.17. The van der Waals surface area contributed by atoms with Gasteiger partial charge in [0, 0.05) is 22.5 Å². The Morgan fingerprint density at radius 1 is 1.40 bits per heavy atom. The molecule has 0 atom stereocenters. The second-order valence-corrected chi connectivity index (χ2v) is 6.77. The van der Waals surface area contributed by atoms with Crippen LogP contribution >= 0.6 is 27.5 Å². The number of carbonyl (C=O) groups excluding carboxylic acids is 1. The highest BCUT2D eigenvalue weighted by Gasteiger charge is 2.33. The van der Waals surface area contributed by atoms with E-state index in [4.69, 9.17) is 17.3 Å². The Hall–Kier alpha value is -0.580. The molecule has 3 nitrogen and oxygen atoms in total. The highest BCUT2D eigenvalue weighted by Crippen LogP contribution is 2.29. The van der Waals surface area contributed by atoms with Crippen LogP contribution < -0.4 is 11.1 Å². The van der Waals surface area contributed by atoms with Gasteiger partial charge in [0.25, 0.3) is 0 Å². The van der Waals surface area contributed by atoms with Gasteiger partial charge in [-0.25, -0.2) is 0 Å². The molecule has 0 aromatic heterocycles. The number of hydrogen-bond acceptors (Lipinski definition) is 2. The summed E-state index contributed by atoms with van der Waals surface area (Å²) in [7, 11) is 0. The molecular weight excluding hydrogens is 340 g/mol. The molecule has 20 heavy (non-hydrogen) atoms. The molecule has 1 amide bonds. The van der Waals surface area contributed by atoms with Crippen molar-refractivity contribution in [3.63, 3.8) is 0 Å². The quantitative estimate of drug-likeness (QED) is 0.846. The summed E-state index contributed by atoms with van der Waals surface area (Å²) in [4.78, 5) is 12.1. The molecule has 1 aromatic rings. The van der Waals surface area contributed by atoms with Crippen molar-refractivity contribution in [3.05, 3.63) is 33.3 Å². The summed E-state index contributed by atoms with van der Waals surface area (Å²) in [5.74, 6) is 0.0734. The van der Waals surface area contributed by atoms with Crippen LogP contribution in [0.2, 0.25) is 5.02 Å². The lowest BCUT2D eigenvalue weighted by atomic mass is 9.97. The molecular formula is C15H20BrClN2O. The summed E-state index contributed by atoms with van der Waals surface area (Å²) < 4.78 is 0.990. The van der Waals surface area contributed by atoms with E-state index in [0.29, 0.717) is 24.4 Å². The van der Waals surface area contributed by atoms with Crippen molar-refractivity contribution in [3.8, 4) is 0 Å². The number of hydrogen-bond donors (Lipinski definition) is 2. The zero-order valence-electron chi connectivity index (χ0n) is 11.4. The van der Waals surface area contributed by atoms with E-state index >= 15 is 0 Å². The Kier molecular flexibility index (Phi) is 5.47. The number of benzene rings is 1. The molecule has 0 saturated heterocycles. The maximum absolute atomic E-state index is 12.1. The molecule has 3 N–H and O–H groups in total. The van der Waals surface area contributed by atoms with E-state index in [1.807, 2.05) is 18.2 Å². The van der Waals surface area contributed by atoms with Gasteiger partial charge in [0.2, 0.25) is 5.91 Å². The first-order valence-electron chi connectivity index (χ1n) is 7.00. The third kappa shape index (κ3) is 3.96. The minimum atomic E-state index is -0.164. The first-order chi connectivity index (χ1) is 9.54. The summed E-state index contributed by atoms with van der Waals surface area (Å²) in [5.41, 5.74) is 6.72. The second-order valence-electron chi connectivity index (χ2n) is 5.48. The fourth-order valence-electron chi connectivity index (χ4n) is 2.77. The van der Waals surface area contributed by atoms with E-state index in [2.05, 4.69) is 21.2 Å². The van der Waals surface area contributed by atoms with E-state index < -0.39 is 0 Å². The zero-order valence-corrected chi connectivity index (χ0v) is 13.8. The van der Waals surface area contributed by atoms with Crippen molar-refractivity contribution >= 4 is 33.4 Å². The zero-order chi connectivity index (χ0) is 14.6. The molecule has 0 radical (unpaired) electrons. The van der Waals surface area contributed by atoms with Crippen molar-refractivity contribution in [2.75, 3.05) is 6.54 Å². The van der Waals surface area contributed by atoms with Gasteiger partial charge >= 0.3 is 0 Å². The monoisotopic (exact) mass is 358 g/mol. The number of amides is 1. The molecule has 0 heterocycles. The fourth-order valence-corrected chi connectivity index (χ4v) is 3.41. The van der Waals surface area contributed by atoms with Gasteiger partial charge in [0.1, 0.15) is 0 Å². The number of nitrogens with two attached hydrogens (primary N) is 1. The first kappa shape index (κ1) is 15.8. The third-order valence-corrected chi connectivity index (χ3v) is 4.99. The van der Waals surface area contributed by atoms with Crippen molar-refractivity contribution in [1.82, 2.24) is 5.32 Å². The van der Waals surface area contributed by atoms with Gasteiger partial charge in [-0.05, 0) is 43.0 Å². The van der Waals surface area contributed by atoms with Gasteiger partial charge in [0.15, 0.2) is 0 Å². The topological polar surface area (TPSA) is 55.1 Å². The Bertz CT molecular complexity index is 487. The summed E-state index contributed by atoms with van der Waals surface area (Å²) in [6, 6.07) is 5.64. The van der Waals surface area contributed by atoms with Crippen LogP contribution in [0.1, 0.15) is 37.7 Å². The number of aryl methyl sites for hydroxylation is 1. The van der Waals surface area contributed by atoms with E-state index in [9.17, 15) is 4.79 Å². The summed E-state index contributed by atoms with van der Waals surface area (Å²) in [6.45, 7) is 0.527. The maximum Gasteiger partial charge on any atom is 0.220 e. The predicted octanol–water partition coefficient (Wildman–Crippen LogP) is 3.42. The van der Waals surface area contributed by atoms with Crippen LogP contribution in [0.15, 0.2) is 22.7 Å². The number of nitrogens with one attached hydrogen (secondary N) is 1. The Morgan fingerprint density at radius 2 is 2.10 bits per heavy atom. The van der Waals surface area contributed by atoms with Crippen molar-refractivity contribution in [2.24, 2.45) is 5.73 Å². The minimum absolute atomic E-state index is 0.0734. The number of halogens is 2. The van der Waals surface area contributed by atoms with Crippen LogP contribution in [-0.4, -0.2) is 18.0 Å². The largest absolute Gasteiger partial charge is 0.349 e. The average molecular weight is 360 g/mol. The Balaban J connectivity index is 1.90. The molecule has 0 spiro atoms. The Labute approximate surface area is 133 Å². The lowest BCUT2D eigenvalue weighted by Gasteiger charge is -2.28. The fraction of sp³-hybridized carbons (Fsp3) is 0.533. The van der Waals surface area contributed by atoms with E-state index in [0.717, 1.165) is 35.7 Å². The SMILES string of the molecule is NCC1(NC(=O)CCc2cc(Cl)ccc2Br)CCCC1. The highest BCUT2D eigenvalue weighted by molar-refractivity contribution is 9.10. The van der Waals surface area contributed by atoms with Crippen molar-refractivity contribution in [2.45, 2.75) is 44.1 Å². The maximum atomic E-state index is 12.1. The molecule has 1 saturated carbocycles. The number of rotatable bonds is 5. The molecule has 1 aliphatic rings. The van der Waals surface area contributed by atoms with Crippen molar-refractivity contribution in [1.29, 1.82) is 0 Å². The van der Waals surface area contributed by atoms with E-state index in [1.165, 1.54) is 0 Å². The smallest absolute Gasteiger partial charge is 0.220 e. The molecule has 1 aromatic carbocycles. The summed E-state index contributed by atoms with van der Waals surface area (Å²) >= 11 is 9.46. The standard InChI is InChI=1S/C15H20BrClN2O/c16-13-5-4-12(17)9-11(13)3-6-14(20)19-15(10-18)7-1-2-8-15/h4-5,9H,1-3,6-8,10,18H2,(H,19,20). The molecule has 2 rings (SSSR count). The second kappa shape index (κ2) is 6.92. The normalized spacial score (nSPS) is 17.1. The lowest BCUT2D eigenvalue weighted by molar-refractivity contribution is -0.122. The van der Waals surface area contributed by atoms with E-state index in [1.54, 1.807) is 0 Å². The summed E-state index contributed by atoms with van der Waals surface area (Å²) in [5, 5.41) is 3.83. The third-order valence-electron chi connectivity index (χ3n) is 3.99. The molecule has 1 aliphatic carbocycles. The molecule has 0 bridgehead atoms. The number of carbonyl (C=O) groups is 1. The highest BCUT2D eigenvalue weighted by atomic mass is 79.9. The predicted molar refractivity (Wildman–Crippen MR) is 85.9 cm³/mol. The van der Waals surface area contributed by atoms with Crippen LogP contribution in [0, 0.1) is 0 Å². The van der Waals surface area contributed by atoms with E-state index in [-0.39, 0.29) is 11.4 Å². The van der Waals surface area contributed by atoms with Crippen LogP contribution in [0.5, 0.6) is 0 Å². The molecule has 110 valence electrons. The van der Waals surface area contributed by atoms with Crippen LogP contribution in [0.3, 0.4) is 0 Å². The average Bonchev–Trinajstić information content (AvgIpc) is 2.89.